The van der Waals surface area contributed by atoms with Gasteiger partial charge >= 0.3 is 0 Å². The SMILES string of the molecule is CN(C)C(=NCc1ccccc1)NCC1(C)CCCS1.I. The van der Waals surface area contributed by atoms with E-state index in [2.05, 4.69) is 53.2 Å². The summed E-state index contributed by atoms with van der Waals surface area (Å²) in [5.41, 5.74) is 1.25. The summed E-state index contributed by atoms with van der Waals surface area (Å²) in [6.45, 7) is 4.07. The molecule has 0 aliphatic carbocycles. The van der Waals surface area contributed by atoms with Gasteiger partial charge in [-0.05, 0) is 31.1 Å². The lowest BCUT2D eigenvalue weighted by Crippen LogP contribution is -2.43. The Labute approximate surface area is 150 Å². The first-order valence-electron chi connectivity index (χ1n) is 7.23. The van der Waals surface area contributed by atoms with Gasteiger partial charge in [0.05, 0.1) is 6.54 Å². The summed E-state index contributed by atoms with van der Waals surface area (Å²) in [6.07, 6.45) is 2.63. The van der Waals surface area contributed by atoms with Gasteiger partial charge in [-0.25, -0.2) is 4.99 Å². The van der Waals surface area contributed by atoms with Crippen molar-refractivity contribution in [3.63, 3.8) is 0 Å². The van der Waals surface area contributed by atoms with Gasteiger partial charge in [-0.2, -0.15) is 11.8 Å². The Balaban J connectivity index is 0.00000220. The molecule has 1 aromatic carbocycles. The van der Waals surface area contributed by atoms with Gasteiger partial charge in [-0.15, -0.1) is 24.0 Å². The average molecular weight is 419 g/mol. The molecule has 1 N–H and O–H groups in total. The lowest BCUT2D eigenvalue weighted by molar-refractivity contribution is 0.538. The first-order chi connectivity index (χ1) is 9.59. The summed E-state index contributed by atoms with van der Waals surface area (Å²) < 4.78 is 0.365. The molecule has 1 aliphatic rings. The van der Waals surface area contributed by atoms with Crippen LogP contribution in [0.1, 0.15) is 25.3 Å². The molecule has 1 aliphatic heterocycles. The zero-order valence-corrected chi connectivity index (χ0v) is 16.3. The van der Waals surface area contributed by atoms with E-state index in [9.17, 15) is 0 Å². The van der Waals surface area contributed by atoms with Gasteiger partial charge in [0.15, 0.2) is 5.96 Å². The van der Waals surface area contributed by atoms with Crippen LogP contribution in [-0.4, -0.2) is 42.0 Å². The highest BCUT2D eigenvalue weighted by atomic mass is 127. The fourth-order valence-corrected chi connectivity index (χ4v) is 3.59. The van der Waals surface area contributed by atoms with Gasteiger partial charge in [0.1, 0.15) is 0 Å². The normalized spacial score (nSPS) is 21.8. The van der Waals surface area contributed by atoms with Crippen molar-refractivity contribution >= 4 is 41.7 Å². The van der Waals surface area contributed by atoms with Crippen molar-refractivity contribution in [1.82, 2.24) is 10.2 Å². The van der Waals surface area contributed by atoms with Crippen LogP contribution in [0.2, 0.25) is 0 Å². The number of nitrogens with one attached hydrogen (secondary N) is 1. The largest absolute Gasteiger partial charge is 0.355 e. The molecule has 1 atom stereocenters. The lowest BCUT2D eigenvalue weighted by Gasteiger charge is -2.26. The van der Waals surface area contributed by atoms with Crippen LogP contribution >= 0.6 is 35.7 Å². The molecule has 1 unspecified atom stereocenters. The zero-order valence-electron chi connectivity index (χ0n) is 13.1. The fourth-order valence-electron chi connectivity index (χ4n) is 2.35. The quantitative estimate of drug-likeness (QED) is 0.459. The summed E-state index contributed by atoms with van der Waals surface area (Å²) >= 11 is 2.08. The van der Waals surface area contributed by atoms with Gasteiger partial charge < -0.3 is 10.2 Å². The molecular weight excluding hydrogens is 393 g/mol. The molecule has 118 valence electrons. The Morgan fingerprint density at radius 3 is 2.62 bits per heavy atom. The van der Waals surface area contributed by atoms with Crippen molar-refractivity contribution in [2.24, 2.45) is 4.99 Å². The maximum atomic E-state index is 4.71. The Hall–Kier alpha value is -0.430. The number of hydrogen-bond acceptors (Lipinski definition) is 2. The van der Waals surface area contributed by atoms with E-state index in [1.165, 1.54) is 24.2 Å². The molecule has 3 nitrogen and oxygen atoms in total. The Bertz CT molecular complexity index is 442. The van der Waals surface area contributed by atoms with Crippen LogP contribution in [0.15, 0.2) is 35.3 Å². The van der Waals surface area contributed by atoms with Gasteiger partial charge in [0.2, 0.25) is 0 Å². The highest BCUT2D eigenvalue weighted by molar-refractivity contribution is 14.0. The van der Waals surface area contributed by atoms with Crippen molar-refractivity contribution in [2.75, 3.05) is 26.4 Å². The second-order valence-electron chi connectivity index (χ2n) is 5.78. The maximum Gasteiger partial charge on any atom is 0.193 e. The smallest absolute Gasteiger partial charge is 0.193 e. The maximum absolute atomic E-state index is 4.71. The minimum Gasteiger partial charge on any atom is -0.355 e. The third kappa shape index (κ3) is 6.06. The van der Waals surface area contributed by atoms with E-state index in [4.69, 9.17) is 4.99 Å². The summed E-state index contributed by atoms with van der Waals surface area (Å²) in [5.74, 6) is 2.26. The van der Waals surface area contributed by atoms with Gasteiger partial charge in [-0.1, -0.05) is 30.3 Å². The monoisotopic (exact) mass is 419 g/mol. The van der Waals surface area contributed by atoms with Gasteiger partial charge in [-0.3, -0.25) is 0 Å². The molecule has 1 heterocycles. The molecule has 0 bridgehead atoms. The van der Waals surface area contributed by atoms with Gasteiger partial charge in [0.25, 0.3) is 0 Å². The Kier molecular flexibility index (Phi) is 7.87. The molecule has 1 saturated heterocycles. The van der Waals surface area contributed by atoms with Crippen molar-refractivity contribution < 1.29 is 0 Å². The van der Waals surface area contributed by atoms with E-state index in [1.54, 1.807) is 0 Å². The molecule has 0 amide bonds. The standard InChI is InChI=1S/C16H25N3S.HI/c1-16(10-7-11-20-16)13-18-15(19(2)3)17-12-14-8-5-4-6-9-14;/h4-6,8-9H,7,10-13H2,1-3H3,(H,17,18);1H. The van der Waals surface area contributed by atoms with E-state index in [-0.39, 0.29) is 24.0 Å². The fraction of sp³-hybridized carbons (Fsp3) is 0.562. The van der Waals surface area contributed by atoms with Crippen LogP contribution in [-0.2, 0) is 6.54 Å². The number of thioether (sulfide) groups is 1. The highest BCUT2D eigenvalue weighted by Crippen LogP contribution is 2.36. The Morgan fingerprint density at radius 2 is 2.05 bits per heavy atom. The summed E-state index contributed by atoms with van der Waals surface area (Å²) in [5, 5.41) is 3.53. The number of guanidine groups is 1. The summed E-state index contributed by atoms with van der Waals surface area (Å²) in [6, 6.07) is 10.4. The number of halogens is 1. The van der Waals surface area contributed by atoms with Crippen molar-refractivity contribution in [2.45, 2.75) is 31.1 Å². The van der Waals surface area contributed by atoms with E-state index in [1.807, 2.05) is 20.2 Å². The number of hydrogen-bond donors (Lipinski definition) is 1. The highest BCUT2D eigenvalue weighted by Gasteiger charge is 2.29. The lowest BCUT2D eigenvalue weighted by atomic mass is 10.1. The molecule has 0 aromatic heterocycles. The zero-order chi connectivity index (χ0) is 14.4. The van der Waals surface area contributed by atoms with Crippen molar-refractivity contribution in [3.05, 3.63) is 35.9 Å². The minimum atomic E-state index is 0. The number of nitrogens with zero attached hydrogens (tertiary/aromatic N) is 2. The van der Waals surface area contributed by atoms with Crippen LogP contribution in [0.5, 0.6) is 0 Å². The summed E-state index contributed by atoms with van der Waals surface area (Å²) in [4.78, 5) is 6.77. The van der Waals surface area contributed by atoms with E-state index < -0.39 is 0 Å². The first kappa shape index (κ1) is 18.6. The Morgan fingerprint density at radius 1 is 1.33 bits per heavy atom. The molecule has 2 rings (SSSR count). The molecule has 1 fully saturated rings. The molecular formula is C16H26IN3S. The predicted octanol–water partition coefficient (Wildman–Crippen LogP) is 3.60. The van der Waals surface area contributed by atoms with Gasteiger partial charge in [0, 0.05) is 25.4 Å². The van der Waals surface area contributed by atoms with Crippen molar-refractivity contribution in [1.29, 1.82) is 0 Å². The van der Waals surface area contributed by atoms with Crippen LogP contribution in [0.25, 0.3) is 0 Å². The first-order valence-corrected chi connectivity index (χ1v) is 8.21. The predicted molar refractivity (Wildman–Crippen MR) is 105 cm³/mol. The summed E-state index contributed by atoms with van der Waals surface area (Å²) in [7, 11) is 4.09. The number of aliphatic imine (C=N–C) groups is 1. The molecule has 21 heavy (non-hydrogen) atoms. The van der Waals surface area contributed by atoms with E-state index in [0.717, 1.165) is 19.0 Å². The van der Waals surface area contributed by atoms with E-state index in [0.29, 0.717) is 4.75 Å². The average Bonchev–Trinajstić information content (AvgIpc) is 2.86. The van der Waals surface area contributed by atoms with Crippen LogP contribution in [0, 0.1) is 0 Å². The molecule has 1 aromatic rings. The van der Waals surface area contributed by atoms with Crippen LogP contribution < -0.4 is 5.32 Å². The molecule has 0 radical (unpaired) electrons. The van der Waals surface area contributed by atoms with E-state index >= 15 is 0 Å². The molecule has 0 spiro atoms. The number of rotatable bonds is 4. The molecule has 0 saturated carbocycles. The second-order valence-corrected chi connectivity index (χ2v) is 7.46. The van der Waals surface area contributed by atoms with Crippen LogP contribution in [0.4, 0.5) is 0 Å². The van der Waals surface area contributed by atoms with Crippen LogP contribution in [0.3, 0.4) is 0 Å². The minimum absolute atomic E-state index is 0. The van der Waals surface area contributed by atoms with Crippen molar-refractivity contribution in [3.8, 4) is 0 Å². The third-order valence-electron chi connectivity index (χ3n) is 3.60. The molecule has 5 heteroatoms. The third-order valence-corrected chi connectivity index (χ3v) is 5.14. The number of benzene rings is 1. The second kappa shape index (κ2) is 8.88. The topological polar surface area (TPSA) is 27.6 Å².